The van der Waals surface area contributed by atoms with Crippen LogP contribution in [0.4, 0.5) is 52.7 Å². The number of nitriles is 2. The summed E-state index contributed by atoms with van der Waals surface area (Å²) in [6, 6.07) is 10.8. The van der Waals surface area contributed by atoms with Gasteiger partial charge in [-0.3, -0.25) is 0 Å². The van der Waals surface area contributed by atoms with Crippen LogP contribution < -0.4 is 0 Å². The second-order valence-corrected chi connectivity index (χ2v) is 12.3. The minimum absolute atomic E-state index is 0.00104. The summed E-state index contributed by atoms with van der Waals surface area (Å²) in [4.78, 5) is 13.1. The summed E-state index contributed by atoms with van der Waals surface area (Å²) in [6.45, 7) is 1.44. The van der Waals surface area contributed by atoms with E-state index in [1.54, 1.807) is 6.19 Å². The molecule has 0 radical (unpaired) electrons. The van der Waals surface area contributed by atoms with E-state index in [1.165, 1.54) is 47.9 Å². The minimum atomic E-state index is -5.19. The van der Waals surface area contributed by atoms with Gasteiger partial charge in [0, 0.05) is 16.5 Å². The molecule has 6 nitrogen and oxygen atoms in total. The lowest BCUT2D eigenvalue weighted by Crippen LogP contribution is -2.12. The summed E-state index contributed by atoms with van der Waals surface area (Å²) < 4.78 is 166. The predicted octanol–water partition coefficient (Wildman–Crippen LogP) is 11.4. The maximum Gasteiger partial charge on any atom is 0.417 e. The lowest BCUT2D eigenvalue weighted by Gasteiger charge is -2.17. The molecule has 55 heavy (non-hydrogen) atoms. The number of hydrogen-bond acceptors (Lipinski definition) is 5. The molecule has 0 amide bonds. The largest absolute Gasteiger partial charge is 0.417 e. The highest BCUT2D eigenvalue weighted by Crippen LogP contribution is 2.46. The first kappa shape index (κ1) is 36.9. The summed E-state index contributed by atoms with van der Waals surface area (Å²) in [7, 11) is 0. The molecule has 2 aromatic heterocycles. The van der Waals surface area contributed by atoms with Crippen LogP contribution in [0.15, 0.2) is 77.8 Å². The van der Waals surface area contributed by atoms with Gasteiger partial charge in [0.2, 0.25) is 6.19 Å². The molecule has 2 heterocycles. The summed E-state index contributed by atoms with van der Waals surface area (Å²) in [5.74, 6) is 0. The molecule has 0 fully saturated rings. The van der Waals surface area contributed by atoms with Crippen LogP contribution in [0.5, 0.6) is 0 Å². The second-order valence-electron chi connectivity index (χ2n) is 12.3. The molecule has 0 spiro atoms. The topological polar surface area (TPSA) is 90.7 Å². The summed E-state index contributed by atoms with van der Waals surface area (Å²) >= 11 is 0. The number of benzene rings is 4. The van der Waals surface area contributed by atoms with E-state index in [4.69, 9.17) is 0 Å². The Balaban J connectivity index is 1.44. The van der Waals surface area contributed by atoms with Gasteiger partial charge in [0.1, 0.15) is 28.7 Å². The van der Waals surface area contributed by atoms with E-state index in [0.717, 1.165) is 0 Å². The third kappa shape index (κ3) is 6.17. The number of nitrogens with zero attached hydrogens (tertiary/aromatic N) is 6. The van der Waals surface area contributed by atoms with E-state index in [0.29, 0.717) is 24.3 Å². The van der Waals surface area contributed by atoms with Crippen LogP contribution in [-0.4, -0.2) is 20.2 Å². The number of fused-ring (bicyclic) bond motifs is 6. The van der Waals surface area contributed by atoms with Crippen molar-refractivity contribution in [2.75, 3.05) is 0 Å². The van der Waals surface area contributed by atoms with Crippen molar-refractivity contribution in [2.45, 2.75) is 37.7 Å². The van der Waals surface area contributed by atoms with Crippen molar-refractivity contribution in [3.05, 3.63) is 106 Å². The smallest absolute Gasteiger partial charge is 0.308 e. The molecule has 278 valence electrons. The van der Waals surface area contributed by atoms with Crippen LogP contribution >= 0.6 is 0 Å². The Kier molecular flexibility index (Phi) is 8.26. The third-order valence-corrected chi connectivity index (χ3v) is 9.03. The first-order valence-electron chi connectivity index (χ1n) is 15.6. The average molecular weight is 773 g/mol. The fraction of sp³-hybridized carbons (Fsp3) is 0.162. The van der Waals surface area contributed by atoms with E-state index in [2.05, 4.69) is 15.0 Å². The van der Waals surface area contributed by atoms with E-state index >= 15 is 0 Å². The van der Waals surface area contributed by atoms with Crippen molar-refractivity contribution in [2.24, 2.45) is 4.99 Å². The van der Waals surface area contributed by atoms with Crippen LogP contribution in [0, 0.1) is 22.8 Å². The average Bonchev–Trinajstić information content (AvgIpc) is 3.59. The molecule has 6 aromatic rings. The number of rotatable bonds is 3. The van der Waals surface area contributed by atoms with Crippen molar-refractivity contribution in [1.82, 2.24) is 14.5 Å². The molecule has 1 aliphatic rings. The zero-order chi connectivity index (χ0) is 40.0. The number of halogens is 12. The molecule has 0 bridgehead atoms. The van der Waals surface area contributed by atoms with Crippen molar-refractivity contribution >= 4 is 27.8 Å². The third-order valence-electron chi connectivity index (χ3n) is 9.03. The van der Waals surface area contributed by atoms with E-state index in [-0.39, 0.29) is 73.6 Å². The van der Waals surface area contributed by atoms with Gasteiger partial charge in [0.25, 0.3) is 0 Å². The zero-order valence-corrected chi connectivity index (χ0v) is 27.2. The van der Waals surface area contributed by atoms with Crippen LogP contribution in [0.25, 0.3) is 55.6 Å². The fourth-order valence-electron chi connectivity index (χ4n) is 6.61. The monoisotopic (exact) mass is 772 g/mol. The highest BCUT2D eigenvalue weighted by atomic mass is 19.4. The molecule has 4 aromatic carbocycles. The predicted molar refractivity (Wildman–Crippen MR) is 173 cm³/mol. The summed E-state index contributed by atoms with van der Waals surface area (Å²) in [5, 5.41) is 19.7. The van der Waals surface area contributed by atoms with Gasteiger partial charge in [-0.15, -0.1) is 0 Å². The van der Waals surface area contributed by atoms with Gasteiger partial charge in [0.15, 0.2) is 5.65 Å². The Morgan fingerprint density at radius 3 is 1.64 bits per heavy atom. The quantitative estimate of drug-likeness (QED) is 0.132. The molecule has 0 aliphatic heterocycles. The molecule has 1 aliphatic carbocycles. The lowest BCUT2D eigenvalue weighted by atomic mass is 9.94. The maximum absolute atomic E-state index is 14.1. The maximum atomic E-state index is 14.1. The van der Waals surface area contributed by atoms with Gasteiger partial charge in [-0.2, -0.15) is 68.2 Å². The van der Waals surface area contributed by atoms with Crippen molar-refractivity contribution in [1.29, 1.82) is 10.5 Å². The molecule has 1 unspecified atom stereocenters. The zero-order valence-electron chi connectivity index (χ0n) is 27.2. The number of aliphatic imine (C=N–C) groups is 1. The molecule has 18 heteroatoms. The number of alkyl halides is 12. The lowest BCUT2D eigenvalue weighted by molar-refractivity contribution is -0.144. The summed E-state index contributed by atoms with van der Waals surface area (Å²) in [5.41, 5.74) is -7.36. The highest BCUT2D eigenvalue weighted by Gasteiger charge is 2.40. The second kappa shape index (κ2) is 12.3. The van der Waals surface area contributed by atoms with Gasteiger partial charge in [-0.25, -0.2) is 9.97 Å². The van der Waals surface area contributed by atoms with Crippen LogP contribution in [0.2, 0.25) is 0 Å². The Bertz CT molecular complexity index is 2700. The molecule has 0 saturated heterocycles. The van der Waals surface area contributed by atoms with Gasteiger partial charge in [-0.05, 0) is 71.6 Å². The standard InChI is InChI=1S/C37H16F12N6/c1-16(14-50)55-28-11-18(22-9-5-20(35(41,42)43)13-27(22)37(47,48)49)3-7-24(28)31-33(55)54-30-23-6-2-17(10-25(23)29(52-15-51)32(30)53-31)21-8-4-19(34(38,39)40)12-26(21)36(44,45)46/h2-13,16H,1H3/b52-29+. The fourth-order valence-corrected chi connectivity index (χ4v) is 6.61. The van der Waals surface area contributed by atoms with Crippen molar-refractivity contribution in [3.8, 4) is 45.8 Å². The van der Waals surface area contributed by atoms with E-state index in [1.807, 2.05) is 6.07 Å². The van der Waals surface area contributed by atoms with Gasteiger partial charge < -0.3 is 4.57 Å². The van der Waals surface area contributed by atoms with Crippen LogP contribution in [0.3, 0.4) is 0 Å². The molecule has 1 atom stereocenters. The molecular formula is C37H16F12N6. The van der Waals surface area contributed by atoms with Crippen LogP contribution in [-0.2, 0) is 24.7 Å². The Morgan fingerprint density at radius 1 is 0.600 bits per heavy atom. The normalized spacial score (nSPS) is 14.6. The highest BCUT2D eigenvalue weighted by molar-refractivity contribution is 6.24. The first-order chi connectivity index (χ1) is 25.6. The number of aromatic nitrogens is 3. The van der Waals surface area contributed by atoms with Gasteiger partial charge in [0.05, 0.1) is 33.8 Å². The molecule has 0 N–H and O–H groups in total. The molecular weight excluding hydrogens is 756 g/mol. The SMILES string of the molecule is CC(C#N)n1c2cc(-c3ccc(C(F)(F)F)cc3C(F)(F)F)ccc2c2nc3c(nc21)-c1ccc(-c2ccc(C(F)(F)F)cc2C(F)(F)F)cc1/C3=N\C#N. The molecule has 0 saturated carbocycles. The summed E-state index contributed by atoms with van der Waals surface area (Å²) in [6.07, 6.45) is -18.9. The first-order valence-corrected chi connectivity index (χ1v) is 15.6. The van der Waals surface area contributed by atoms with E-state index in [9.17, 15) is 63.2 Å². The Labute approximate surface area is 300 Å². The van der Waals surface area contributed by atoms with Crippen LogP contribution in [0.1, 0.15) is 46.5 Å². The van der Waals surface area contributed by atoms with Gasteiger partial charge >= 0.3 is 24.7 Å². The Morgan fingerprint density at radius 2 is 1.13 bits per heavy atom. The minimum Gasteiger partial charge on any atom is -0.308 e. The van der Waals surface area contributed by atoms with E-state index < -0.39 is 64.1 Å². The van der Waals surface area contributed by atoms with Crippen molar-refractivity contribution in [3.63, 3.8) is 0 Å². The molecule has 7 rings (SSSR count). The van der Waals surface area contributed by atoms with Gasteiger partial charge in [-0.1, -0.05) is 30.3 Å². The Hall–Kier alpha value is -6.43. The number of hydrogen-bond donors (Lipinski definition) is 0. The van der Waals surface area contributed by atoms with Crippen molar-refractivity contribution < 1.29 is 52.7 Å².